The molecular weight excluding hydrogens is 206 g/mol. The molecule has 16 heavy (non-hydrogen) atoms. The Balaban J connectivity index is 1.93. The van der Waals surface area contributed by atoms with Gasteiger partial charge in [-0.25, -0.2) is 4.79 Å². The minimum atomic E-state index is -0.271. The molecule has 0 bridgehead atoms. The van der Waals surface area contributed by atoms with Gasteiger partial charge in [0.15, 0.2) is 0 Å². The van der Waals surface area contributed by atoms with Crippen LogP contribution in [0.5, 0.6) is 0 Å². The molecule has 1 aliphatic rings. The van der Waals surface area contributed by atoms with Gasteiger partial charge in [-0.15, -0.1) is 0 Å². The zero-order chi connectivity index (χ0) is 11.4. The Hall–Kier alpha value is -1.29. The summed E-state index contributed by atoms with van der Waals surface area (Å²) in [5, 5.41) is 0. The summed E-state index contributed by atoms with van der Waals surface area (Å²) in [5.41, 5.74) is 0.626. The number of esters is 1. The first kappa shape index (κ1) is 11.2. The van der Waals surface area contributed by atoms with Gasteiger partial charge in [-0.3, -0.25) is 0 Å². The SMILES string of the molecule is COC(=O)c1cccn1CCC1CCOC1. The zero-order valence-corrected chi connectivity index (χ0v) is 9.52. The van der Waals surface area contributed by atoms with Gasteiger partial charge >= 0.3 is 5.97 Å². The maximum absolute atomic E-state index is 11.4. The molecule has 0 amide bonds. The minimum Gasteiger partial charge on any atom is -0.464 e. The Morgan fingerprint density at radius 3 is 3.25 bits per heavy atom. The van der Waals surface area contributed by atoms with Crippen LogP contribution < -0.4 is 0 Å². The summed E-state index contributed by atoms with van der Waals surface area (Å²) in [6, 6.07) is 3.66. The molecule has 88 valence electrons. The summed E-state index contributed by atoms with van der Waals surface area (Å²) in [5.74, 6) is 0.362. The summed E-state index contributed by atoms with van der Waals surface area (Å²) in [7, 11) is 1.41. The molecule has 1 fully saturated rings. The third-order valence-corrected chi connectivity index (χ3v) is 3.03. The second-order valence-electron chi connectivity index (χ2n) is 4.10. The van der Waals surface area contributed by atoms with Crippen LogP contribution in [0.3, 0.4) is 0 Å². The molecule has 1 unspecified atom stereocenters. The lowest BCUT2D eigenvalue weighted by Crippen LogP contribution is -2.12. The number of aryl methyl sites for hydroxylation is 1. The van der Waals surface area contributed by atoms with Gasteiger partial charge < -0.3 is 14.0 Å². The fraction of sp³-hybridized carbons (Fsp3) is 0.583. The van der Waals surface area contributed by atoms with Crippen molar-refractivity contribution in [3.05, 3.63) is 24.0 Å². The second-order valence-corrected chi connectivity index (χ2v) is 4.10. The molecule has 0 aliphatic carbocycles. The second kappa shape index (κ2) is 5.16. The summed E-state index contributed by atoms with van der Waals surface area (Å²) in [6.45, 7) is 2.58. The molecule has 0 spiro atoms. The number of hydrogen-bond donors (Lipinski definition) is 0. The van der Waals surface area contributed by atoms with E-state index in [1.54, 1.807) is 6.07 Å². The zero-order valence-electron chi connectivity index (χ0n) is 9.52. The molecule has 0 aromatic carbocycles. The van der Waals surface area contributed by atoms with Crippen molar-refractivity contribution in [1.82, 2.24) is 4.57 Å². The fourth-order valence-electron chi connectivity index (χ4n) is 2.03. The van der Waals surface area contributed by atoms with Crippen molar-refractivity contribution in [2.75, 3.05) is 20.3 Å². The van der Waals surface area contributed by atoms with E-state index in [-0.39, 0.29) is 5.97 Å². The van der Waals surface area contributed by atoms with Crippen molar-refractivity contribution < 1.29 is 14.3 Å². The molecule has 1 aliphatic heterocycles. The highest BCUT2D eigenvalue weighted by Gasteiger charge is 2.17. The highest BCUT2D eigenvalue weighted by molar-refractivity contribution is 5.87. The Morgan fingerprint density at radius 2 is 2.56 bits per heavy atom. The van der Waals surface area contributed by atoms with Crippen LogP contribution in [-0.4, -0.2) is 30.9 Å². The molecule has 2 rings (SSSR count). The number of carbonyl (C=O) groups is 1. The highest BCUT2D eigenvalue weighted by Crippen LogP contribution is 2.18. The van der Waals surface area contributed by atoms with Crippen LogP contribution in [0.4, 0.5) is 0 Å². The van der Waals surface area contributed by atoms with Crippen LogP contribution in [0, 0.1) is 5.92 Å². The van der Waals surface area contributed by atoms with Crippen molar-refractivity contribution in [3.63, 3.8) is 0 Å². The third-order valence-electron chi connectivity index (χ3n) is 3.03. The first-order valence-electron chi connectivity index (χ1n) is 5.62. The molecule has 0 radical (unpaired) electrons. The van der Waals surface area contributed by atoms with Gasteiger partial charge in [-0.1, -0.05) is 0 Å². The van der Waals surface area contributed by atoms with Crippen molar-refractivity contribution >= 4 is 5.97 Å². The number of carbonyl (C=O) groups excluding carboxylic acids is 1. The van der Waals surface area contributed by atoms with Gasteiger partial charge in [0.05, 0.1) is 7.11 Å². The number of methoxy groups -OCH3 is 1. The molecule has 1 atom stereocenters. The molecule has 1 aromatic heterocycles. The molecule has 1 saturated heterocycles. The van der Waals surface area contributed by atoms with E-state index < -0.39 is 0 Å². The smallest absolute Gasteiger partial charge is 0.354 e. The summed E-state index contributed by atoms with van der Waals surface area (Å²) in [4.78, 5) is 11.4. The van der Waals surface area contributed by atoms with E-state index in [0.717, 1.165) is 32.6 Å². The van der Waals surface area contributed by atoms with E-state index in [1.165, 1.54) is 7.11 Å². The average Bonchev–Trinajstić information content (AvgIpc) is 2.96. The predicted octanol–water partition coefficient (Wildman–Crippen LogP) is 1.70. The maximum Gasteiger partial charge on any atom is 0.354 e. The van der Waals surface area contributed by atoms with E-state index in [9.17, 15) is 4.79 Å². The molecular formula is C12H17NO3. The highest BCUT2D eigenvalue weighted by atomic mass is 16.5. The number of rotatable bonds is 4. The lowest BCUT2D eigenvalue weighted by molar-refractivity contribution is 0.0588. The van der Waals surface area contributed by atoms with Gasteiger partial charge in [0, 0.05) is 26.0 Å². The average molecular weight is 223 g/mol. The van der Waals surface area contributed by atoms with E-state index in [4.69, 9.17) is 9.47 Å². The number of aromatic nitrogens is 1. The Bertz CT molecular complexity index is 353. The van der Waals surface area contributed by atoms with Crippen molar-refractivity contribution in [2.45, 2.75) is 19.4 Å². The van der Waals surface area contributed by atoms with Crippen LogP contribution in [0.1, 0.15) is 23.3 Å². The van der Waals surface area contributed by atoms with Crippen molar-refractivity contribution in [3.8, 4) is 0 Å². The Kier molecular flexibility index (Phi) is 3.62. The lowest BCUT2D eigenvalue weighted by Gasteiger charge is -2.10. The summed E-state index contributed by atoms with van der Waals surface area (Å²) < 4.78 is 12.0. The van der Waals surface area contributed by atoms with Crippen LogP contribution in [0.2, 0.25) is 0 Å². The summed E-state index contributed by atoms with van der Waals surface area (Å²) >= 11 is 0. The van der Waals surface area contributed by atoms with Gasteiger partial charge in [0.1, 0.15) is 5.69 Å². The topological polar surface area (TPSA) is 40.5 Å². The molecule has 4 heteroatoms. The monoisotopic (exact) mass is 223 g/mol. The first-order chi connectivity index (χ1) is 7.81. The predicted molar refractivity (Wildman–Crippen MR) is 59.3 cm³/mol. The Labute approximate surface area is 95.2 Å². The number of ether oxygens (including phenoxy) is 2. The van der Waals surface area contributed by atoms with Crippen molar-refractivity contribution in [2.24, 2.45) is 5.92 Å². The quantitative estimate of drug-likeness (QED) is 0.729. The molecule has 1 aromatic rings. The van der Waals surface area contributed by atoms with E-state index in [1.807, 2.05) is 16.8 Å². The minimum absolute atomic E-state index is 0.271. The lowest BCUT2D eigenvalue weighted by atomic mass is 10.1. The largest absolute Gasteiger partial charge is 0.464 e. The fourth-order valence-corrected chi connectivity index (χ4v) is 2.03. The van der Waals surface area contributed by atoms with E-state index in [0.29, 0.717) is 11.6 Å². The Morgan fingerprint density at radius 1 is 1.69 bits per heavy atom. The maximum atomic E-state index is 11.4. The van der Waals surface area contributed by atoms with Gasteiger partial charge in [0.2, 0.25) is 0 Å². The molecule has 2 heterocycles. The third kappa shape index (κ3) is 2.44. The van der Waals surface area contributed by atoms with Gasteiger partial charge in [-0.2, -0.15) is 0 Å². The molecule has 0 saturated carbocycles. The first-order valence-corrected chi connectivity index (χ1v) is 5.62. The van der Waals surface area contributed by atoms with Crippen LogP contribution >= 0.6 is 0 Å². The standard InChI is InChI=1S/C12H17NO3/c1-15-12(14)11-3-2-6-13(11)7-4-10-5-8-16-9-10/h2-3,6,10H,4-5,7-9H2,1H3. The van der Waals surface area contributed by atoms with Gasteiger partial charge in [0.25, 0.3) is 0 Å². The normalized spacial score (nSPS) is 19.9. The van der Waals surface area contributed by atoms with E-state index >= 15 is 0 Å². The molecule has 0 N–H and O–H groups in total. The number of hydrogen-bond acceptors (Lipinski definition) is 3. The van der Waals surface area contributed by atoms with Gasteiger partial charge in [-0.05, 0) is 30.9 Å². The number of nitrogens with zero attached hydrogens (tertiary/aromatic N) is 1. The van der Waals surface area contributed by atoms with Crippen LogP contribution in [0.25, 0.3) is 0 Å². The molecule has 4 nitrogen and oxygen atoms in total. The summed E-state index contributed by atoms with van der Waals surface area (Å²) in [6.07, 6.45) is 4.11. The van der Waals surface area contributed by atoms with Crippen LogP contribution in [-0.2, 0) is 16.0 Å². The van der Waals surface area contributed by atoms with Crippen molar-refractivity contribution in [1.29, 1.82) is 0 Å². The van der Waals surface area contributed by atoms with Crippen LogP contribution in [0.15, 0.2) is 18.3 Å². The van der Waals surface area contributed by atoms with E-state index in [2.05, 4.69) is 0 Å².